The predicted molar refractivity (Wildman–Crippen MR) is 135 cm³/mol. The topological polar surface area (TPSA) is 77.1 Å². The van der Waals surface area contributed by atoms with Gasteiger partial charge in [-0.05, 0) is 36.1 Å². The van der Waals surface area contributed by atoms with Gasteiger partial charge in [-0.15, -0.1) is 5.92 Å². The summed E-state index contributed by atoms with van der Waals surface area (Å²) in [5.41, 5.74) is 2.60. The summed E-state index contributed by atoms with van der Waals surface area (Å²) in [5, 5.41) is 14.0. The van der Waals surface area contributed by atoms with Crippen LogP contribution >= 0.6 is 0 Å². The van der Waals surface area contributed by atoms with Gasteiger partial charge in [0, 0.05) is 6.54 Å². The first-order chi connectivity index (χ1) is 16.5. The normalized spacial score (nSPS) is 10.6. The number of carbonyl (C=O) groups is 1. The third kappa shape index (κ3) is 6.48. The van der Waals surface area contributed by atoms with E-state index in [9.17, 15) is 14.7 Å². The Balaban J connectivity index is 1.77. The molecule has 3 aromatic rings. The second-order valence-electron chi connectivity index (χ2n) is 8.43. The number of carboxylic acid groups (broad SMARTS) is 1. The monoisotopic (exact) mass is 459 g/mol. The van der Waals surface area contributed by atoms with E-state index in [0.717, 1.165) is 24.0 Å². The molecule has 2 aromatic carbocycles. The number of benzene rings is 2. The maximum atomic E-state index is 13.1. The molecule has 0 aliphatic heterocycles. The lowest BCUT2D eigenvalue weighted by atomic mass is 9.99. The first kappa shape index (κ1) is 25.0. The summed E-state index contributed by atoms with van der Waals surface area (Å²) in [6, 6.07) is 14.6. The van der Waals surface area contributed by atoms with Crippen molar-refractivity contribution in [2.45, 2.75) is 71.9 Å². The van der Waals surface area contributed by atoms with Gasteiger partial charge in [0.15, 0.2) is 0 Å². The molecule has 0 spiro atoms. The van der Waals surface area contributed by atoms with Crippen LogP contribution in [0.1, 0.15) is 74.1 Å². The highest BCUT2D eigenvalue weighted by Gasteiger charge is 2.14. The lowest BCUT2D eigenvalue weighted by molar-refractivity contribution is 0.0697. The van der Waals surface area contributed by atoms with Crippen molar-refractivity contribution in [1.29, 1.82) is 0 Å². The fourth-order valence-electron chi connectivity index (χ4n) is 4.02. The van der Waals surface area contributed by atoms with Crippen molar-refractivity contribution in [1.82, 2.24) is 14.3 Å². The molecule has 6 heteroatoms. The molecule has 6 nitrogen and oxygen atoms in total. The van der Waals surface area contributed by atoms with Crippen LogP contribution in [0.2, 0.25) is 0 Å². The lowest BCUT2D eigenvalue weighted by Crippen LogP contribution is -2.26. The van der Waals surface area contributed by atoms with Gasteiger partial charge in [0.1, 0.15) is 5.82 Å². The molecule has 0 fully saturated rings. The molecule has 3 rings (SSSR count). The molecule has 1 aromatic heterocycles. The lowest BCUT2D eigenvalue weighted by Gasteiger charge is -2.08. The molecule has 0 aliphatic carbocycles. The van der Waals surface area contributed by atoms with E-state index in [1.54, 1.807) is 34.4 Å². The summed E-state index contributed by atoms with van der Waals surface area (Å²) in [4.78, 5) is 24.6. The van der Waals surface area contributed by atoms with Crippen molar-refractivity contribution in [3.8, 4) is 23.0 Å². The van der Waals surface area contributed by atoms with E-state index >= 15 is 0 Å². The molecule has 0 atom stereocenters. The molecular weight excluding hydrogens is 426 g/mol. The minimum atomic E-state index is -0.953. The molecule has 0 saturated carbocycles. The largest absolute Gasteiger partial charge is 0.478 e. The Labute approximate surface area is 201 Å². The second-order valence-corrected chi connectivity index (χ2v) is 8.43. The Morgan fingerprint density at radius 3 is 2.41 bits per heavy atom. The Bertz CT molecular complexity index is 1210. The number of carboxylic acids is 1. The van der Waals surface area contributed by atoms with E-state index in [0.29, 0.717) is 30.9 Å². The van der Waals surface area contributed by atoms with Gasteiger partial charge >= 0.3 is 11.7 Å². The van der Waals surface area contributed by atoms with E-state index in [-0.39, 0.29) is 11.3 Å². The molecule has 1 heterocycles. The number of hydrogen-bond acceptors (Lipinski definition) is 3. The number of nitrogens with zero attached hydrogens (tertiary/aromatic N) is 3. The van der Waals surface area contributed by atoms with Crippen LogP contribution in [0.15, 0.2) is 53.3 Å². The van der Waals surface area contributed by atoms with Crippen LogP contribution in [0.25, 0.3) is 11.1 Å². The summed E-state index contributed by atoms with van der Waals surface area (Å²) in [6.45, 7) is 5.01. The van der Waals surface area contributed by atoms with Crippen molar-refractivity contribution in [2.75, 3.05) is 0 Å². The number of hydrogen-bond donors (Lipinski definition) is 1. The van der Waals surface area contributed by atoms with Crippen LogP contribution in [-0.4, -0.2) is 25.4 Å². The van der Waals surface area contributed by atoms with Gasteiger partial charge in [-0.1, -0.05) is 87.4 Å². The number of aryl methyl sites for hydroxylation is 1. The minimum absolute atomic E-state index is 0.109. The first-order valence-electron chi connectivity index (χ1n) is 12.0. The van der Waals surface area contributed by atoms with Crippen molar-refractivity contribution in [3.05, 3.63) is 76.0 Å². The summed E-state index contributed by atoms with van der Waals surface area (Å²) in [7, 11) is 0. The Morgan fingerprint density at radius 1 is 1.00 bits per heavy atom. The fourth-order valence-corrected chi connectivity index (χ4v) is 4.02. The molecule has 1 N–H and O–H groups in total. The van der Waals surface area contributed by atoms with Crippen LogP contribution in [-0.2, 0) is 19.5 Å². The third-order valence-corrected chi connectivity index (χ3v) is 5.91. The molecule has 0 bridgehead atoms. The molecule has 0 aliphatic rings. The quantitative estimate of drug-likeness (QED) is 0.291. The van der Waals surface area contributed by atoms with E-state index in [1.165, 1.54) is 25.7 Å². The number of aromatic carboxylic acids is 1. The van der Waals surface area contributed by atoms with Gasteiger partial charge in [0.05, 0.1) is 18.5 Å². The number of aromatic nitrogens is 3. The smallest absolute Gasteiger partial charge is 0.346 e. The van der Waals surface area contributed by atoms with Crippen molar-refractivity contribution < 1.29 is 9.90 Å². The molecule has 0 unspecified atom stereocenters. The highest BCUT2D eigenvalue weighted by molar-refractivity contribution is 5.95. The van der Waals surface area contributed by atoms with Gasteiger partial charge in [-0.25, -0.2) is 14.3 Å². The van der Waals surface area contributed by atoms with E-state index in [1.807, 2.05) is 30.3 Å². The van der Waals surface area contributed by atoms with Gasteiger partial charge < -0.3 is 5.11 Å². The molecule has 178 valence electrons. The summed E-state index contributed by atoms with van der Waals surface area (Å²) < 4.78 is 3.27. The zero-order valence-corrected chi connectivity index (χ0v) is 20.1. The number of rotatable bonds is 12. The Morgan fingerprint density at radius 2 is 1.71 bits per heavy atom. The maximum absolute atomic E-state index is 13.1. The van der Waals surface area contributed by atoms with E-state index in [2.05, 4.69) is 23.9 Å². The third-order valence-electron chi connectivity index (χ3n) is 5.91. The zero-order valence-electron chi connectivity index (χ0n) is 20.1. The van der Waals surface area contributed by atoms with E-state index in [4.69, 9.17) is 0 Å². The Kier molecular flexibility index (Phi) is 9.28. The van der Waals surface area contributed by atoms with Crippen LogP contribution in [0.3, 0.4) is 0 Å². The second kappa shape index (κ2) is 12.6. The standard InChI is InChI=1S/C28H33N3O3/c1-3-5-7-8-9-12-20-31-28(34)30(26(29-31)15-6-4-2)21-22-16-18-23(19-17-22)24-13-10-11-14-25(24)27(32)33/h10-11,13-14,16-19H,3,5,7-9,12,15,20-21H2,1-2H3,(H,32,33). The molecule has 0 amide bonds. The van der Waals surface area contributed by atoms with Crippen LogP contribution < -0.4 is 5.69 Å². The molecular formula is C28H33N3O3. The maximum Gasteiger partial charge on any atom is 0.346 e. The van der Waals surface area contributed by atoms with Crippen LogP contribution in [0, 0.1) is 11.8 Å². The summed E-state index contributed by atoms with van der Waals surface area (Å²) in [5.74, 6) is 5.63. The van der Waals surface area contributed by atoms with Gasteiger partial charge in [0.25, 0.3) is 0 Å². The molecule has 34 heavy (non-hydrogen) atoms. The Hall–Kier alpha value is -3.59. The SMILES string of the molecule is CC#CCc1nn(CCCCCCCC)c(=O)n1Cc1ccc(-c2ccccc2C(=O)O)cc1. The van der Waals surface area contributed by atoms with Gasteiger partial charge in [0.2, 0.25) is 0 Å². The van der Waals surface area contributed by atoms with Crippen molar-refractivity contribution in [2.24, 2.45) is 0 Å². The average molecular weight is 460 g/mol. The average Bonchev–Trinajstić information content (AvgIpc) is 3.14. The number of unbranched alkanes of at least 4 members (excludes halogenated alkanes) is 5. The summed E-state index contributed by atoms with van der Waals surface area (Å²) >= 11 is 0. The minimum Gasteiger partial charge on any atom is -0.478 e. The van der Waals surface area contributed by atoms with Gasteiger partial charge in [-0.2, -0.15) is 5.10 Å². The van der Waals surface area contributed by atoms with Crippen LogP contribution in [0.5, 0.6) is 0 Å². The van der Waals surface area contributed by atoms with Crippen molar-refractivity contribution >= 4 is 5.97 Å². The van der Waals surface area contributed by atoms with Crippen LogP contribution in [0.4, 0.5) is 0 Å². The highest BCUT2D eigenvalue weighted by Crippen LogP contribution is 2.24. The summed E-state index contributed by atoms with van der Waals surface area (Å²) in [6.07, 6.45) is 7.38. The fraction of sp³-hybridized carbons (Fsp3) is 0.393. The first-order valence-corrected chi connectivity index (χ1v) is 12.0. The van der Waals surface area contributed by atoms with Gasteiger partial charge in [-0.3, -0.25) is 4.57 Å². The van der Waals surface area contributed by atoms with Crippen molar-refractivity contribution in [3.63, 3.8) is 0 Å². The predicted octanol–water partition coefficient (Wildman–Crippen LogP) is 5.38. The molecule has 0 saturated heterocycles. The van der Waals surface area contributed by atoms with E-state index < -0.39 is 5.97 Å². The zero-order chi connectivity index (χ0) is 24.3. The molecule has 0 radical (unpaired) electrons. The highest BCUT2D eigenvalue weighted by atomic mass is 16.4.